The normalized spacial score (nSPS) is 34.1. The summed E-state index contributed by atoms with van der Waals surface area (Å²) in [6.07, 6.45) is 4.38. The van der Waals surface area contributed by atoms with E-state index in [9.17, 15) is 8.42 Å². The van der Waals surface area contributed by atoms with Crippen LogP contribution in [-0.4, -0.2) is 90.8 Å². The Balaban J connectivity index is 1.46. The number of hydrogen-bond donors (Lipinski definition) is 2. The summed E-state index contributed by atoms with van der Waals surface area (Å²) in [5.74, 6) is 0.932. The largest absolute Gasteiger partial charge is 0.381 e. The number of benzene rings is 1. The van der Waals surface area contributed by atoms with E-state index in [-0.39, 0.29) is 36.0 Å². The van der Waals surface area contributed by atoms with Crippen molar-refractivity contribution < 1.29 is 13.2 Å². The van der Waals surface area contributed by atoms with Crippen molar-refractivity contribution in [1.82, 2.24) is 30.5 Å². The maximum Gasteiger partial charge on any atom is 0.153 e. The van der Waals surface area contributed by atoms with Crippen LogP contribution in [0.2, 0.25) is 0 Å². The van der Waals surface area contributed by atoms with Crippen LogP contribution in [0, 0.1) is 18.8 Å². The van der Waals surface area contributed by atoms with Gasteiger partial charge in [-0.15, -0.1) is 5.10 Å². The summed E-state index contributed by atoms with van der Waals surface area (Å²) in [5.41, 5.74) is 3.45. The molecule has 202 valence electrons. The van der Waals surface area contributed by atoms with Crippen LogP contribution in [0.5, 0.6) is 0 Å². The first kappa shape index (κ1) is 25.4. The van der Waals surface area contributed by atoms with Crippen molar-refractivity contribution in [3.8, 4) is 0 Å². The Kier molecular flexibility index (Phi) is 6.90. The molecule has 6 rings (SSSR count). The van der Waals surface area contributed by atoms with Gasteiger partial charge in [0.15, 0.2) is 9.84 Å². The number of aryl methyl sites for hydroxylation is 2. The molecule has 4 fully saturated rings. The third-order valence-corrected chi connectivity index (χ3v) is 11.0. The first-order chi connectivity index (χ1) is 17.8. The number of nitrogens with one attached hydrogen (secondary N) is 2. The molecule has 4 saturated heterocycles. The van der Waals surface area contributed by atoms with E-state index in [4.69, 9.17) is 4.74 Å². The second kappa shape index (κ2) is 10.0. The molecule has 0 saturated carbocycles. The van der Waals surface area contributed by atoms with Crippen LogP contribution in [0.15, 0.2) is 30.3 Å². The lowest BCUT2D eigenvalue weighted by atomic mass is 9.82. The van der Waals surface area contributed by atoms with Crippen molar-refractivity contribution >= 4 is 9.84 Å². The molecule has 9 nitrogen and oxygen atoms in total. The Morgan fingerprint density at radius 3 is 2.54 bits per heavy atom. The Labute approximate surface area is 220 Å². The minimum atomic E-state index is -3.25. The van der Waals surface area contributed by atoms with Crippen molar-refractivity contribution in [1.29, 1.82) is 0 Å². The number of ether oxygens (including phenoxy) is 1. The first-order valence-electron chi connectivity index (χ1n) is 13.7. The quantitative estimate of drug-likeness (QED) is 0.601. The van der Waals surface area contributed by atoms with Crippen LogP contribution in [0.1, 0.15) is 48.2 Å². The highest BCUT2D eigenvalue weighted by Crippen LogP contribution is 2.49. The molecule has 0 spiro atoms. The molecule has 37 heavy (non-hydrogen) atoms. The van der Waals surface area contributed by atoms with Crippen LogP contribution >= 0.6 is 0 Å². The molecule has 0 aliphatic carbocycles. The van der Waals surface area contributed by atoms with Gasteiger partial charge in [-0.25, -0.2) is 8.42 Å². The molecule has 0 radical (unpaired) electrons. The lowest BCUT2D eigenvalue weighted by Crippen LogP contribution is -2.59. The fourth-order valence-electron chi connectivity index (χ4n) is 7.96. The maximum absolute atomic E-state index is 13.2. The van der Waals surface area contributed by atoms with E-state index in [1.165, 1.54) is 17.5 Å². The Morgan fingerprint density at radius 1 is 1.11 bits per heavy atom. The van der Waals surface area contributed by atoms with Gasteiger partial charge in [0.1, 0.15) is 0 Å². The van der Waals surface area contributed by atoms with E-state index >= 15 is 0 Å². The van der Waals surface area contributed by atoms with Crippen molar-refractivity contribution in [2.75, 3.05) is 39.1 Å². The predicted molar refractivity (Wildman–Crippen MR) is 142 cm³/mol. The lowest BCUT2D eigenvalue weighted by molar-refractivity contribution is -0.00190. The SMILES string of the molecule is Cc1nnn(C)c1C1CNC2C3CNCC(S(C)(=O)=O)C3N([C@H](c3ccccc3)C3CCOCC3)C2C1. The summed E-state index contributed by atoms with van der Waals surface area (Å²) < 4.78 is 34.2. The maximum atomic E-state index is 13.2. The number of sulfone groups is 1. The number of fused-ring (bicyclic) bond motifs is 3. The van der Waals surface area contributed by atoms with Gasteiger partial charge >= 0.3 is 0 Å². The van der Waals surface area contributed by atoms with Crippen molar-refractivity contribution in [3.63, 3.8) is 0 Å². The van der Waals surface area contributed by atoms with E-state index in [2.05, 4.69) is 56.2 Å². The molecule has 2 N–H and O–H groups in total. The summed E-state index contributed by atoms with van der Waals surface area (Å²) in [4.78, 5) is 2.67. The summed E-state index contributed by atoms with van der Waals surface area (Å²) in [6, 6.07) is 11.4. The molecular formula is C27H40N6O3S. The van der Waals surface area contributed by atoms with Crippen LogP contribution in [-0.2, 0) is 21.6 Å². The van der Waals surface area contributed by atoms with Gasteiger partial charge in [0.05, 0.1) is 16.6 Å². The van der Waals surface area contributed by atoms with Crippen LogP contribution in [0.25, 0.3) is 0 Å². The third-order valence-electron chi connectivity index (χ3n) is 9.43. The molecule has 4 aliphatic heterocycles. The average molecular weight is 529 g/mol. The zero-order valence-corrected chi connectivity index (χ0v) is 22.9. The van der Waals surface area contributed by atoms with Gasteiger partial charge < -0.3 is 15.4 Å². The van der Waals surface area contributed by atoms with Gasteiger partial charge in [-0.1, -0.05) is 35.5 Å². The molecule has 1 aromatic heterocycles. The highest BCUT2D eigenvalue weighted by atomic mass is 32.2. The number of rotatable bonds is 5. The van der Waals surface area contributed by atoms with E-state index < -0.39 is 15.1 Å². The first-order valence-corrected chi connectivity index (χ1v) is 15.7. The Morgan fingerprint density at radius 2 is 1.86 bits per heavy atom. The van der Waals surface area contributed by atoms with Gasteiger partial charge in [0.2, 0.25) is 0 Å². The number of piperidine rings is 2. The van der Waals surface area contributed by atoms with Gasteiger partial charge in [-0.3, -0.25) is 9.58 Å². The summed E-state index contributed by atoms with van der Waals surface area (Å²) in [6.45, 7) is 5.78. The fourth-order valence-corrected chi connectivity index (χ4v) is 9.23. The zero-order valence-electron chi connectivity index (χ0n) is 22.1. The predicted octanol–water partition coefficient (Wildman–Crippen LogP) is 1.42. The Bertz CT molecular complexity index is 1180. The van der Waals surface area contributed by atoms with Crippen molar-refractivity contribution in [2.45, 2.75) is 61.5 Å². The van der Waals surface area contributed by atoms with Crippen molar-refractivity contribution in [2.24, 2.45) is 18.9 Å². The third kappa shape index (κ3) is 4.54. The summed E-state index contributed by atoms with van der Waals surface area (Å²) in [5, 5.41) is 15.6. The van der Waals surface area contributed by atoms with E-state index in [1.807, 2.05) is 18.7 Å². The Hall–Kier alpha value is -1.85. The molecule has 6 unspecified atom stereocenters. The van der Waals surface area contributed by atoms with Crippen LogP contribution < -0.4 is 10.6 Å². The molecule has 1 aromatic carbocycles. The smallest absolute Gasteiger partial charge is 0.153 e. The topological polar surface area (TPSA) is 101 Å². The molecule has 4 aliphatic rings. The highest BCUT2D eigenvalue weighted by molar-refractivity contribution is 7.91. The van der Waals surface area contributed by atoms with E-state index in [0.29, 0.717) is 12.5 Å². The van der Waals surface area contributed by atoms with E-state index in [1.54, 1.807) is 0 Å². The van der Waals surface area contributed by atoms with Crippen LogP contribution in [0.4, 0.5) is 0 Å². The number of nitrogens with zero attached hydrogens (tertiary/aromatic N) is 4. The van der Waals surface area contributed by atoms with Crippen LogP contribution in [0.3, 0.4) is 0 Å². The molecule has 10 heteroatoms. The van der Waals surface area contributed by atoms with Crippen molar-refractivity contribution in [3.05, 3.63) is 47.3 Å². The second-order valence-electron chi connectivity index (χ2n) is 11.6. The fraction of sp³-hybridized carbons (Fsp3) is 0.704. The van der Waals surface area contributed by atoms with E-state index in [0.717, 1.165) is 51.3 Å². The minimum absolute atomic E-state index is 0.0312. The zero-order chi connectivity index (χ0) is 25.7. The standard InChI is InChI=1S/C27H40N6O3S/c1-17-25(32(2)31-30-17)20-13-22-24(29-14-20)21-15-28-16-23(37(3,34)35)27(21)33(22)26(18-7-5-4-6-8-18)19-9-11-36-12-10-19/h4-8,19-24,26-29H,9-16H2,1-3H3/t20?,21?,22?,23?,24?,26-,27?/m1/s1. The van der Waals surface area contributed by atoms with Gasteiger partial charge in [0.25, 0.3) is 0 Å². The van der Waals surface area contributed by atoms with Gasteiger partial charge in [0, 0.05) is 82.2 Å². The second-order valence-corrected chi connectivity index (χ2v) is 13.8. The highest BCUT2D eigenvalue weighted by Gasteiger charge is 2.59. The summed E-state index contributed by atoms with van der Waals surface area (Å²) >= 11 is 0. The number of likely N-dealkylation sites (tertiary alicyclic amines) is 1. The molecule has 0 bridgehead atoms. The monoisotopic (exact) mass is 528 g/mol. The molecular weight excluding hydrogens is 488 g/mol. The molecule has 2 aromatic rings. The van der Waals surface area contributed by atoms with Gasteiger partial charge in [-0.05, 0) is 37.7 Å². The summed E-state index contributed by atoms with van der Waals surface area (Å²) in [7, 11) is -1.28. The van der Waals surface area contributed by atoms with Gasteiger partial charge in [-0.2, -0.15) is 0 Å². The lowest BCUT2D eigenvalue weighted by Gasteiger charge is -2.47. The number of hydrogen-bond acceptors (Lipinski definition) is 8. The minimum Gasteiger partial charge on any atom is -0.381 e. The average Bonchev–Trinajstić information content (AvgIpc) is 3.41. The molecule has 7 atom stereocenters. The molecule has 0 amide bonds. The number of aromatic nitrogens is 3. The molecule has 5 heterocycles.